The maximum absolute atomic E-state index is 5.35. The van der Waals surface area contributed by atoms with Crippen LogP contribution in [0.5, 0.6) is 0 Å². The molecule has 2 aliphatic heterocycles. The van der Waals surface area contributed by atoms with Crippen molar-refractivity contribution in [2.75, 3.05) is 52.5 Å². The fraction of sp³-hybridized carbons (Fsp3) is 1.00. The van der Waals surface area contributed by atoms with Gasteiger partial charge in [0.25, 0.3) is 0 Å². The molecular weight excluding hydrogens is 176 g/mol. The van der Waals surface area contributed by atoms with Gasteiger partial charge in [0.05, 0.1) is 13.2 Å². The lowest BCUT2D eigenvalue weighted by molar-refractivity contribution is 0.0312. The third-order valence-corrected chi connectivity index (χ3v) is 3.44. The zero-order chi connectivity index (χ0) is 9.80. The molecular formula is C11H22N2O. The highest BCUT2D eigenvalue weighted by atomic mass is 16.5. The van der Waals surface area contributed by atoms with Gasteiger partial charge in [0, 0.05) is 26.2 Å². The summed E-state index contributed by atoms with van der Waals surface area (Å²) in [5, 5.41) is 0. The lowest BCUT2D eigenvalue weighted by Crippen LogP contribution is -2.39. The summed E-state index contributed by atoms with van der Waals surface area (Å²) in [7, 11) is 0. The Morgan fingerprint density at radius 3 is 2.57 bits per heavy atom. The van der Waals surface area contributed by atoms with Crippen molar-refractivity contribution >= 4 is 0 Å². The molecule has 2 fully saturated rings. The predicted molar refractivity (Wildman–Crippen MR) is 57.5 cm³/mol. The average Bonchev–Trinajstić information content (AvgIpc) is 2.67. The van der Waals surface area contributed by atoms with Gasteiger partial charge in [-0.3, -0.25) is 4.90 Å². The Bertz CT molecular complexity index is 169. The van der Waals surface area contributed by atoms with Crippen LogP contribution in [0.4, 0.5) is 0 Å². The van der Waals surface area contributed by atoms with Crippen molar-refractivity contribution in [2.24, 2.45) is 5.92 Å². The highest BCUT2D eigenvalue weighted by Crippen LogP contribution is 2.17. The van der Waals surface area contributed by atoms with Crippen molar-refractivity contribution < 1.29 is 4.74 Å². The van der Waals surface area contributed by atoms with Crippen molar-refractivity contribution in [1.82, 2.24) is 9.80 Å². The van der Waals surface area contributed by atoms with Crippen LogP contribution in [0.1, 0.15) is 13.3 Å². The summed E-state index contributed by atoms with van der Waals surface area (Å²) >= 11 is 0. The number of morpholine rings is 1. The van der Waals surface area contributed by atoms with E-state index < -0.39 is 0 Å². The van der Waals surface area contributed by atoms with Gasteiger partial charge in [-0.05, 0) is 25.4 Å². The molecule has 2 heterocycles. The molecule has 0 aromatic rings. The zero-order valence-electron chi connectivity index (χ0n) is 9.24. The molecule has 0 spiro atoms. The molecule has 0 amide bonds. The zero-order valence-corrected chi connectivity index (χ0v) is 9.24. The van der Waals surface area contributed by atoms with Crippen molar-refractivity contribution in [3.05, 3.63) is 0 Å². The summed E-state index contributed by atoms with van der Waals surface area (Å²) in [4.78, 5) is 5.12. The van der Waals surface area contributed by atoms with Gasteiger partial charge in [0.2, 0.25) is 0 Å². The van der Waals surface area contributed by atoms with Gasteiger partial charge in [0.15, 0.2) is 0 Å². The Balaban J connectivity index is 1.69. The van der Waals surface area contributed by atoms with E-state index in [1.807, 2.05) is 0 Å². The highest BCUT2D eigenvalue weighted by Gasteiger charge is 2.23. The molecule has 2 saturated heterocycles. The average molecular weight is 198 g/mol. The fourth-order valence-electron chi connectivity index (χ4n) is 2.50. The first-order valence-corrected chi connectivity index (χ1v) is 5.91. The second-order valence-electron chi connectivity index (χ2n) is 4.46. The van der Waals surface area contributed by atoms with E-state index in [0.29, 0.717) is 0 Å². The quantitative estimate of drug-likeness (QED) is 0.662. The van der Waals surface area contributed by atoms with Crippen LogP contribution < -0.4 is 0 Å². The van der Waals surface area contributed by atoms with Gasteiger partial charge < -0.3 is 9.64 Å². The van der Waals surface area contributed by atoms with E-state index in [9.17, 15) is 0 Å². The first-order chi connectivity index (χ1) is 6.88. The molecule has 0 radical (unpaired) electrons. The smallest absolute Gasteiger partial charge is 0.0594 e. The third kappa shape index (κ3) is 2.69. The molecule has 2 rings (SSSR count). The molecule has 0 N–H and O–H groups in total. The molecule has 82 valence electrons. The molecule has 2 aliphatic rings. The summed E-state index contributed by atoms with van der Waals surface area (Å²) in [6.45, 7) is 11.6. The molecule has 0 aromatic carbocycles. The van der Waals surface area contributed by atoms with Gasteiger partial charge >= 0.3 is 0 Å². The minimum absolute atomic E-state index is 0.910. The van der Waals surface area contributed by atoms with Gasteiger partial charge in [-0.25, -0.2) is 0 Å². The number of ether oxygens (including phenoxy) is 1. The van der Waals surface area contributed by atoms with Crippen LogP contribution in [0.3, 0.4) is 0 Å². The molecule has 3 nitrogen and oxygen atoms in total. The maximum atomic E-state index is 5.35. The fourth-order valence-corrected chi connectivity index (χ4v) is 2.50. The van der Waals surface area contributed by atoms with E-state index in [4.69, 9.17) is 4.74 Å². The topological polar surface area (TPSA) is 15.7 Å². The molecule has 1 unspecified atom stereocenters. The van der Waals surface area contributed by atoms with Crippen LogP contribution in [0.25, 0.3) is 0 Å². The lowest BCUT2D eigenvalue weighted by Gasteiger charge is -2.29. The number of rotatable bonds is 3. The Morgan fingerprint density at radius 2 is 1.93 bits per heavy atom. The Morgan fingerprint density at radius 1 is 1.14 bits per heavy atom. The van der Waals surface area contributed by atoms with Crippen LogP contribution >= 0.6 is 0 Å². The normalized spacial score (nSPS) is 31.1. The van der Waals surface area contributed by atoms with Crippen molar-refractivity contribution in [3.8, 4) is 0 Å². The second-order valence-corrected chi connectivity index (χ2v) is 4.46. The van der Waals surface area contributed by atoms with E-state index in [-0.39, 0.29) is 0 Å². The molecule has 0 saturated carbocycles. The minimum Gasteiger partial charge on any atom is -0.379 e. The van der Waals surface area contributed by atoms with Gasteiger partial charge in [-0.15, -0.1) is 0 Å². The Kier molecular flexibility index (Phi) is 3.79. The lowest BCUT2D eigenvalue weighted by atomic mass is 10.1. The number of likely N-dealkylation sites (tertiary alicyclic amines) is 1. The van der Waals surface area contributed by atoms with Crippen LogP contribution in [0.15, 0.2) is 0 Å². The van der Waals surface area contributed by atoms with E-state index >= 15 is 0 Å². The summed E-state index contributed by atoms with van der Waals surface area (Å²) in [6, 6.07) is 0. The van der Waals surface area contributed by atoms with E-state index in [1.165, 1.54) is 32.6 Å². The summed E-state index contributed by atoms with van der Waals surface area (Å²) in [5.41, 5.74) is 0. The van der Waals surface area contributed by atoms with E-state index in [0.717, 1.165) is 32.2 Å². The monoisotopic (exact) mass is 198 g/mol. The number of nitrogens with zero attached hydrogens (tertiary/aromatic N) is 2. The molecule has 1 atom stereocenters. The van der Waals surface area contributed by atoms with Gasteiger partial charge in [0.1, 0.15) is 0 Å². The largest absolute Gasteiger partial charge is 0.379 e. The van der Waals surface area contributed by atoms with Crippen molar-refractivity contribution in [1.29, 1.82) is 0 Å². The second kappa shape index (κ2) is 5.10. The van der Waals surface area contributed by atoms with Gasteiger partial charge in [-0.2, -0.15) is 0 Å². The van der Waals surface area contributed by atoms with Gasteiger partial charge in [-0.1, -0.05) is 6.92 Å². The standard InChI is InChI=1S/C11H22N2O/c1-2-12-4-3-11(9-12)10-13-5-7-14-8-6-13/h11H,2-10H2,1H3. The molecule has 14 heavy (non-hydrogen) atoms. The SMILES string of the molecule is CCN1CCC(CN2CCOCC2)C1. The molecule has 3 heteroatoms. The van der Waals surface area contributed by atoms with Crippen molar-refractivity contribution in [3.63, 3.8) is 0 Å². The third-order valence-electron chi connectivity index (χ3n) is 3.44. The number of hydrogen-bond acceptors (Lipinski definition) is 3. The Hall–Kier alpha value is -0.120. The van der Waals surface area contributed by atoms with Crippen LogP contribution in [-0.4, -0.2) is 62.3 Å². The summed E-state index contributed by atoms with van der Waals surface area (Å²) in [5.74, 6) is 0.910. The van der Waals surface area contributed by atoms with Crippen LogP contribution in [0, 0.1) is 5.92 Å². The number of hydrogen-bond donors (Lipinski definition) is 0. The first kappa shape index (κ1) is 10.4. The van der Waals surface area contributed by atoms with E-state index in [1.54, 1.807) is 0 Å². The van der Waals surface area contributed by atoms with Crippen molar-refractivity contribution in [2.45, 2.75) is 13.3 Å². The van der Waals surface area contributed by atoms with Crippen LogP contribution in [0.2, 0.25) is 0 Å². The molecule has 0 aliphatic carbocycles. The van der Waals surface area contributed by atoms with Crippen LogP contribution in [-0.2, 0) is 4.74 Å². The summed E-state index contributed by atoms with van der Waals surface area (Å²) in [6.07, 6.45) is 1.39. The van der Waals surface area contributed by atoms with E-state index in [2.05, 4.69) is 16.7 Å². The molecule has 0 bridgehead atoms. The summed E-state index contributed by atoms with van der Waals surface area (Å²) < 4.78 is 5.35. The maximum Gasteiger partial charge on any atom is 0.0594 e. The molecule has 0 aromatic heterocycles. The predicted octanol–water partition coefficient (Wildman–Crippen LogP) is 0.660. The highest BCUT2D eigenvalue weighted by molar-refractivity contribution is 4.78. The Labute approximate surface area is 87.0 Å². The minimum atomic E-state index is 0.910. The first-order valence-electron chi connectivity index (χ1n) is 5.91.